The molecule has 0 atom stereocenters. The molecule has 0 radical (unpaired) electrons. The van der Waals surface area contributed by atoms with Crippen LogP contribution >= 0.6 is 0 Å². The number of benzene rings is 1. The Hall–Kier alpha value is -1.95. The molecule has 6 heteroatoms. The zero-order chi connectivity index (χ0) is 13.8. The van der Waals surface area contributed by atoms with Gasteiger partial charge >= 0.3 is 0 Å². The minimum atomic E-state index is -0.561. The molecule has 102 valence electrons. The van der Waals surface area contributed by atoms with Crippen LogP contribution in [0, 0.1) is 10.1 Å². The summed E-state index contributed by atoms with van der Waals surface area (Å²) in [5, 5.41) is 10.8. The first-order chi connectivity index (χ1) is 9.08. The van der Waals surface area contributed by atoms with Gasteiger partial charge in [-0.05, 0) is 19.1 Å². The number of rotatable bonds is 4. The van der Waals surface area contributed by atoms with Crippen LogP contribution in [0.5, 0.6) is 5.75 Å². The number of nitrogens with zero attached hydrogens (tertiary/aromatic N) is 1. The summed E-state index contributed by atoms with van der Waals surface area (Å²) in [6.07, 6.45) is 1.61. The fourth-order valence-corrected chi connectivity index (χ4v) is 2.02. The predicted octanol–water partition coefficient (Wildman–Crippen LogP) is 2.36. The van der Waals surface area contributed by atoms with E-state index in [0.29, 0.717) is 19.0 Å². The van der Waals surface area contributed by atoms with Crippen molar-refractivity contribution in [3.05, 3.63) is 33.9 Å². The van der Waals surface area contributed by atoms with E-state index in [-0.39, 0.29) is 23.1 Å². The molecule has 0 amide bonds. The van der Waals surface area contributed by atoms with E-state index in [4.69, 9.17) is 9.47 Å². The molecule has 19 heavy (non-hydrogen) atoms. The number of ether oxygens (including phenoxy) is 2. The largest absolute Gasteiger partial charge is 0.490 e. The van der Waals surface area contributed by atoms with Crippen molar-refractivity contribution in [3.63, 3.8) is 0 Å². The molecular weight excluding hydrogens is 250 g/mol. The molecular formula is C13H15NO5. The van der Waals surface area contributed by atoms with Gasteiger partial charge in [-0.2, -0.15) is 0 Å². The van der Waals surface area contributed by atoms with Crippen molar-refractivity contribution >= 4 is 11.5 Å². The van der Waals surface area contributed by atoms with Crippen LogP contribution in [0.1, 0.15) is 30.1 Å². The van der Waals surface area contributed by atoms with E-state index in [1.807, 2.05) is 0 Å². The summed E-state index contributed by atoms with van der Waals surface area (Å²) in [6.45, 7) is 2.61. The van der Waals surface area contributed by atoms with Crippen LogP contribution in [0.3, 0.4) is 0 Å². The number of nitro groups is 1. The quantitative estimate of drug-likeness (QED) is 0.474. The maximum absolute atomic E-state index is 11.4. The van der Waals surface area contributed by atoms with Gasteiger partial charge in [0.25, 0.3) is 5.69 Å². The Labute approximate surface area is 110 Å². The molecule has 1 aliphatic rings. The van der Waals surface area contributed by atoms with Crippen LogP contribution in [0.4, 0.5) is 5.69 Å². The molecule has 1 aliphatic heterocycles. The van der Waals surface area contributed by atoms with Crippen molar-refractivity contribution in [1.82, 2.24) is 0 Å². The van der Waals surface area contributed by atoms with E-state index in [2.05, 4.69) is 0 Å². The highest BCUT2D eigenvalue weighted by molar-refractivity contribution is 5.98. The van der Waals surface area contributed by atoms with Gasteiger partial charge in [0, 0.05) is 18.9 Å². The van der Waals surface area contributed by atoms with E-state index < -0.39 is 4.92 Å². The third-order valence-corrected chi connectivity index (χ3v) is 3.02. The standard InChI is InChI=1S/C13H15NO5/c1-9(15)12-8-11(2-3-13(12)14(16)17)19-10-4-6-18-7-5-10/h2-3,8,10H,4-7H2,1H3. The second-order valence-corrected chi connectivity index (χ2v) is 4.42. The third kappa shape index (κ3) is 3.29. The summed E-state index contributed by atoms with van der Waals surface area (Å²) < 4.78 is 11.0. The number of hydrogen-bond donors (Lipinski definition) is 0. The molecule has 0 aromatic heterocycles. The Kier molecular flexibility index (Phi) is 4.11. The van der Waals surface area contributed by atoms with Gasteiger partial charge in [-0.3, -0.25) is 14.9 Å². The molecule has 1 aromatic carbocycles. The molecule has 2 rings (SSSR count). The fraction of sp³-hybridized carbons (Fsp3) is 0.462. The molecule has 1 fully saturated rings. The van der Waals surface area contributed by atoms with E-state index >= 15 is 0 Å². The van der Waals surface area contributed by atoms with Gasteiger partial charge in [0.15, 0.2) is 5.78 Å². The van der Waals surface area contributed by atoms with Crippen LogP contribution in [-0.4, -0.2) is 30.0 Å². The number of hydrogen-bond acceptors (Lipinski definition) is 5. The lowest BCUT2D eigenvalue weighted by Crippen LogP contribution is -2.25. The van der Waals surface area contributed by atoms with Crippen LogP contribution < -0.4 is 4.74 Å². The average Bonchev–Trinajstić information content (AvgIpc) is 2.39. The zero-order valence-corrected chi connectivity index (χ0v) is 10.6. The van der Waals surface area contributed by atoms with Crippen molar-refractivity contribution in [3.8, 4) is 5.75 Å². The molecule has 0 aliphatic carbocycles. The predicted molar refractivity (Wildman–Crippen MR) is 67.6 cm³/mol. The van der Waals surface area contributed by atoms with E-state index in [0.717, 1.165) is 12.8 Å². The van der Waals surface area contributed by atoms with Gasteiger partial charge in [-0.25, -0.2) is 0 Å². The van der Waals surface area contributed by atoms with Gasteiger partial charge < -0.3 is 9.47 Å². The second-order valence-electron chi connectivity index (χ2n) is 4.42. The lowest BCUT2D eigenvalue weighted by Gasteiger charge is -2.23. The van der Waals surface area contributed by atoms with Gasteiger partial charge in [0.2, 0.25) is 0 Å². The maximum atomic E-state index is 11.4. The topological polar surface area (TPSA) is 78.7 Å². The monoisotopic (exact) mass is 265 g/mol. The summed E-state index contributed by atoms with van der Waals surface area (Å²) in [5.74, 6) is 0.145. The summed E-state index contributed by atoms with van der Waals surface area (Å²) in [5.41, 5.74) is -0.110. The highest BCUT2D eigenvalue weighted by Gasteiger charge is 2.20. The molecule has 1 saturated heterocycles. The van der Waals surface area contributed by atoms with Crippen LogP contribution in [0.25, 0.3) is 0 Å². The van der Waals surface area contributed by atoms with Gasteiger partial charge in [0.1, 0.15) is 11.9 Å². The van der Waals surface area contributed by atoms with Gasteiger partial charge in [-0.1, -0.05) is 0 Å². The van der Waals surface area contributed by atoms with Crippen molar-refractivity contribution in [2.75, 3.05) is 13.2 Å². The summed E-state index contributed by atoms with van der Waals surface area (Å²) in [6, 6.07) is 4.28. The Morgan fingerprint density at radius 1 is 1.42 bits per heavy atom. The van der Waals surface area contributed by atoms with Crippen LogP contribution in [-0.2, 0) is 4.74 Å². The third-order valence-electron chi connectivity index (χ3n) is 3.02. The minimum absolute atomic E-state index is 0.0371. The van der Waals surface area contributed by atoms with Crippen LogP contribution in [0.15, 0.2) is 18.2 Å². The lowest BCUT2D eigenvalue weighted by atomic mass is 10.1. The van der Waals surface area contributed by atoms with Crippen molar-refractivity contribution < 1.29 is 19.2 Å². The van der Waals surface area contributed by atoms with Crippen molar-refractivity contribution in [2.45, 2.75) is 25.9 Å². The second kappa shape index (κ2) is 5.79. The molecule has 1 aromatic rings. The minimum Gasteiger partial charge on any atom is -0.490 e. The molecule has 1 heterocycles. The first-order valence-corrected chi connectivity index (χ1v) is 6.11. The maximum Gasteiger partial charge on any atom is 0.280 e. The summed E-state index contributed by atoms with van der Waals surface area (Å²) in [4.78, 5) is 21.7. The van der Waals surface area contributed by atoms with E-state index in [9.17, 15) is 14.9 Å². The Bertz CT molecular complexity index is 494. The molecule has 0 spiro atoms. The Morgan fingerprint density at radius 2 is 2.11 bits per heavy atom. The summed E-state index contributed by atoms with van der Waals surface area (Å²) in [7, 11) is 0. The van der Waals surface area contributed by atoms with Crippen molar-refractivity contribution in [2.24, 2.45) is 0 Å². The molecule has 0 bridgehead atoms. The SMILES string of the molecule is CC(=O)c1cc(OC2CCOCC2)ccc1[N+](=O)[O-]. The zero-order valence-electron chi connectivity index (χ0n) is 10.6. The van der Waals surface area contributed by atoms with E-state index in [1.54, 1.807) is 0 Å². The normalized spacial score (nSPS) is 16.1. The number of Topliss-reactive ketones (excluding diaryl/α,β-unsaturated/α-hetero) is 1. The molecule has 0 unspecified atom stereocenters. The first-order valence-electron chi connectivity index (χ1n) is 6.11. The van der Waals surface area contributed by atoms with Crippen molar-refractivity contribution in [1.29, 1.82) is 0 Å². The molecule has 0 saturated carbocycles. The number of carbonyl (C=O) groups excluding carboxylic acids is 1. The number of ketones is 1. The fourth-order valence-electron chi connectivity index (χ4n) is 2.02. The Balaban J connectivity index is 2.20. The Morgan fingerprint density at radius 3 is 2.68 bits per heavy atom. The lowest BCUT2D eigenvalue weighted by molar-refractivity contribution is -0.385. The smallest absolute Gasteiger partial charge is 0.280 e. The molecule has 0 N–H and O–H groups in total. The van der Waals surface area contributed by atoms with E-state index in [1.165, 1.54) is 25.1 Å². The molecule has 6 nitrogen and oxygen atoms in total. The highest BCUT2D eigenvalue weighted by Crippen LogP contribution is 2.26. The average molecular weight is 265 g/mol. The van der Waals surface area contributed by atoms with Gasteiger partial charge in [0.05, 0.1) is 23.7 Å². The number of carbonyl (C=O) groups is 1. The summed E-state index contributed by atoms with van der Waals surface area (Å²) >= 11 is 0. The number of nitro benzene ring substituents is 1. The van der Waals surface area contributed by atoms with Gasteiger partial charge in [-0.15, -0.1) is 0 Å². The van der Waals surface area contributed by atoms with Crippen LogP contribution in [0.2, 0.25) is 0 Å². The first kappa shape index (κ1) is 13.5. The highest BCUT2D eigenvalue weighted by atomic mass is 16.6.